The molecule has 25 heavy (non-hydrogen) atoms. The number of benzene rings is 1. The van der Waals surface area contributed by atoms with Gasteiger partial charge in [0.1, 0.15) is 13.8 Å². The minimum Gasteiger partial charge on any atom is -0.358 e. The van der Waals surface area contributed by atoms with Crippen LogP contribution in [-0.2, 0) is 17.0 Å². The lowest BCUT2D eigenvalue weighted by molar-refractivity contribution is 0.232. The Hall–Kier alpha value is -1.40. The second-order valence-electron chi connectivity index (χ2n) is 7.26. The summed E-state index contributed by atoms with van der Waals surface area (Å²) >= 11 is 0. The Balaban J connectivity index is 2.40. The summed E-state index contributed by atoms with van der Waals surface area (Å²) in [6.07, 6.45) is 0. The molecule has 0 saturated carbocycles. The summed E-state index contributed by atoms with van der Waals surface area (Å²) in [5, 5.41) is 3.29. The topological polar surface area (TPSA) is 58.6 Å². The Labute approximate surface area is 151 Å². The number of hydrogen-bond donors (Lipinski definition) is 1. The molecule has 0 amide bonds. The van der Waals surface area contributed by atoms with Crippen molar-refractivity contribution in [2.75, 3.05) is 26.2 Å². The van der Waals surface area contributed by atoms with E-state index in [0.29, 0.717) is 17.7 Å². The van der Waals surface area contributed by atoms with E-state index < -0.39 is 18.6 Å². The van der Waals surface area contributed by atoms with E-state index in [2.05, 4.69) is 45.5 Å². The van der Waals surface area contributed by atoms with E-state index in [1.54, 1.807) is 6.92 Å². The van der Waals surface area contributed by atoms with Gasteiger partial charge in [-0.3, -0.25) is 4.90 Å². The lowest BCUT2D eigenvalue weighted by Crippen LogP contribution is -2.43. The lowest BCUT2D eigenvalue weighted by Gasteiger charge is -2.28. The Morgan fingerprint density at radius 3 is 2.48 bits per heavy atom. The maximum atomic E-state index is 13.1. The first kappa shape index (κ1) is 19.9. The van der Waals surface area contributed by atoms with Crippen LogP contribution in [0.2, 0.25) is 19.6 Å². The summed E-state index contributed by atoms with van der Waals surface area (Å²) < 4.78 is 39.5. The van der Waals surface area contributed by atoms with Gasteiger partial charge in [0.05, 0.1) is 0 Å². The fourth-order valence-corrected chi connectivity index (χ4v) is 3.45. The maximum absolute atomic E-state index is 13.1. The molecular formula is C17H25FN2O3SSi. The van der Waals surface area contributed by atoms with Crippen LogP contribution in [0.1, 0.15) is 16.7 Å². The minimum atomic E-state index is -5.07. The first-order valence-electron chi connectivity index (χ1n) is 8.27. The van der Waals surface area contributed by atoms with Crippen molar-refractivity contribution < 1.29 is 16.5 Å². The second kappa shape index (κ2) is 7.87. The van der Waals surface area contributed by atoms with Gasteiger partial charge in [0.25, 0.3) is 0 Å². The van der Waals surface area contributed by atoms with Crippen LogP contribution in [0.4, 0.5) is 3.89 Å². The standard InChI is InChI=1S/C17H25FN2O3SSi/c1-14-16(13-20-8-6-19-7-9-20)11-15(5-10-25(2,3)4)12-17(14)23-24(18,21)22/h11-12,19H,6-9,13H2,1-4H3. The summed E-state index contributed by atoms with van der Waals surface area (Å²) in [5.41, 5.74) is 5.42. The molecule has 5 nitrogen and oxygen atoms in total. The number of hydrogen-bond acceptors (Lipinski definition) is 5. The lowest BCUT2D eigenvalue weighted by atomic mass is 10.0. The highest BCUT2D eigenvalue weighted by Gasteiger charge is 2.18. The maximum Gasteiger partial charge on any atom is 0.488 e. The van der Waals surface area contributed by atoms with E-state index >= 15 is 0 Å². The van der Waals surface area contributed by atoms with Gasteiger partial charge in [0, 0.05) is 38.3 Å². The SMILES string of the molecule is Cc1c(CN2CCNCC2)cc(C#C[Si](C)(C)C)cc1OS(=O)(=O)F. The average Bonchev–Trinajstić information content (AvgIpc) is 2.48. The van der Waals surface area contributed by atoms with Gasteiger partial charge in [-0.1, -0.05) is 29.4 Å². The second-order valence-corrected chi connectivity index (χ2v) is 13.0. The number of rotatable bonds is 4. The van der Waals surface area contributed by atoms with Crippen molar-refractivity contribution in [2.24, 2.45) is 0 Å². The summed E-state index contributed by atoms with van der Waals surface area (Å²) in [6.45, 7) is 12.4. The molecule has 0 bridgehead atoms. The van der Waals surface area contributed by atoms with Gasteiger partial charge in [-0.25, -0.2) is 0 Å². The molecule has 0 aromatic heterocycles. The smallest absolute Gasteiger partial charge is 0.358 e. The van der Waals surface area contributed by atoms with Gasteiger partial charge in [-0.2, -0.15) is 8.42 Å². The van der Waals surface area contributed by atoms with Crippen LogP contribution in [0.25, 0.3) is 0 Å². The third kappa shape index (κ3) is 6.78. The van der Waals surface area contributed by atoms with E-state index in [-0.39, 0.29) is 5.75 Å². The van der Waals surface area contributed by atoms with Crippen LogP contribution < -0.4 is 9.50 Å². The molecule has 0 aliphatic carbocycles. The van der Waals surface area contributed by atoms with Gasteiger partial charge >= 0.3 is 10.5 Å². The highest BCUT2D eigenvalue weighted by Crippen LogP contribution is 2.27. The summed E-state index contributed by atoms with van der Waals surface area (Å²) in [6, 6.07) is 3.45. The highest BCUT2D eigenvalue weighted by molar-refractivity contribution is 7.81. The molecule has 1 aromatic carbocycles. The van der Waals surface area contributed by atoms with Crippen LogP contribution in [-0.4, -0.2) is 47.6 Å². The van der Waals surface area contributed by atoms with Crippen LogP contribution in [0.5, 0.6) is 5.75 Å². The molecule has 1 fully saturated rings. The molecule has 1 aromatic rings. The molecule has 8 heteroatoms. The predicted molar refractivity (Wildman–Crippen MR) is 100 cm³/mol. The van der Waals surface area contributed by atoms with Crippen LogP contribution in [0, 0.1) is 18.4 Å². The molecule has 1 saturated heterocycles. The van der Waals surface area contributed by atoms with Crippen molar-refractivity contribution in [1.29, 1.82) is 0 Å². The predicted octanol–water partition coefficient (Wildman–Crippen LogP) is 2.22. The molecule has 1 aliphatic heterocycles. The van der Waals surface area contributed by atoms with Gasteiger partial charge < -0.3 is 9.50 Å². The van der Waals surface area contributed by atoms with E-state index in [4.69, 9.17) is 0 Å². The summed E-state index contributed by atoms with van der Waals surface area (Å²) in [4.78, 5) is 2.27. The first-order valence-corrected chi connectivity index (χ1v) is 13.1. The summed E-state index contributed by atoms with van der Waals surface area (Å²) in [5.74, 6) is 3.11. The Kier molecular flexibility index (Phi) is 6.27. The highest BCUT2D eigenvalue weighted by atomic mass is 32.3. The third-order valence-electron chi connectivity index (χ3n) is 3.84. The van der Waals surface area contributed by atoms with Gasteiger partial charge in [-0.15, -0.1) is 5.54 Å². The van der Waals surface area contributed by atoms with Crippen molar-refractivity contribution in [1.82, 2.24) is 10.2 Å². The van der Waals surface area contributed by atoms with E-state index in [1.807, 2.05) is 6.07 Å². The molecule has 1 N–H and O–H groups in total. The average molecular weight is 385 g/mol. The molecule has 138 valence electrons. The Morgan fingerprint density at radius 1 is 1.28 bits per heavy atom. The molecule has 0 spiro atoms. The van der Waals surface area contributed by atoms with Crippen molar-refractivity contribution in [3.8, 4) is 17.2 Å². The first-order chi connectivity index (χ1) is 11.5. The minimum absolute atomic E-state index is 0.00927. The third-order valence-corrected chi connectivity index (χ3v) is 5.10. The monoisotopic (exact) mass is 384 g/mol. The van der Waals surface area contributed by atoms with Gasteiger partial charge in [0.15, 0.2) is 0 Å². The Bertz CT molecular complexity index is 789. The molecular weight excluding hydrogens is 359 g/mol. The quantitative estimate of drug-likeness (QED) is 0.490. The fraction of sp³-hybridized carbons (Fsp3) is 0.529. The van der Waals surface area contributed by atoms with Gasteiger partial charge in [0.2, 0.25) is 0 Å². The zero-order chi connectivity index (χ0) is 18.7. The molecule has 0 radical (unpaired) electrons. The Morgan fingerprint density at radius 2 is 1.92 bits per heavy atom. The van der Waals surface area contributed by atoms with Crippen molar-refractivity contribution in [3.05, 3.63) is 28.8 Å². The summed E-state index contributed by atoms with van der Waals surface area (Å²) in [7, 11) is -6.66. The van der Waals surface area contributed by atoms with Gasteiger partial charge in [-0.05, 0) is 30.2 Å². The number of piperazine rings is 1. The van der Waals surface area contributed by atoms with E-state index in [0.717, 1.165) is 31.7 Å². The molecule has 0 atom stereocenters. The van der Waals surface area contributed by atoms with Crippen molar-refractivity contribution >= 4 is 18.6 Å². The van der Waals surface area contributed by atoms with E-state index in [1.165, 1.54) is 6.07 Å². The molecule has 1 aliphatic rings. The number of halogens is 1. The van der Waals surface area contributed by atoms with Crippen LogP contribution >= 0.6 is 0 Å². The van der Waals surface area contributed by atoms with Crippen LogP contribution in [0.3, 0.4) is 0 Å². The number of nitrogens with one attached hydrogen (secondary N) is 1. The molecule has 2 rings (SSSR count). The van der Waals surface area contributed by atoms with Crippen LogP contribution in [0.15, 0.2) is 12.1 Å². The molecule has 1 heterocycles. The van der Waals surface area contributed by atoms with Crippen molar-refractivity contribution in [2.45, 2.75) is 33.1 Å². The van der Waals surface area contributed by atoms with E-state index in [9.17, 15) is 12.3 Å². The zero-order valence-corrected chi connectivity index (χ0v) is 17.0. The zero-order valence-electron chi connectivity index (χ0n) is 15.1. The van der Waals surface area contributed by atoms with Crippen molar-refractivity contribution in [3.63, 3.8) is 0 Å². The fourth-order valence-electron chi connectivity index (χ4n) is 2.55. The largest absolute Gasteiger partial charge is 0.488 e. The number of nitrogens with zero attached hydrogens (tertiary/aromatic N) is 1. The molecule has 0 unspecified atom stereocenters. The normalized spacial score (nSPS) is 16.2.